The molecule has 0 saturated heterocycles. The quantitative estimate of drug-likeness (QED) is 0.458. The summed E-state index contributed by atoms with van der Waals surface area (Å²) in [5, 5.41) is 5.32. The molecular formula is C22H22F3N3OS. The molecule has 0 spiro atoms. The number of aromatic nitrogens is 2. The SMILES string of the molecule is FC(F)(F)c1cc(Nc2nc(-c3cccnc3)cs2)ccc1OCC1CCCCC1. The van der Waals surface area contributed by atoms with Gasteiger partial charge in [0.1, 0.15) is 5.75 Å². The highest BCUT2D eigenvalue weighted by Gasteiger charge is 2.35. The zero-order valence-corrected chi connectivity index (χ0v) is 17.1. The van der Waals surface area contributed by atoms with Crippen molar-refractivity contribution in [2.24, 2.45) is 5.92 Å². The van der Waals surface area contributed by atoms with E-state index in [9.17, 15) is 13.2 Å². The number of halogens is 3. The van der Waals surface area contributed by atoms with E-state index in [1.807, 2.05) is 17.5 Å². The summed E-state index contributed by atoms with van der Waals surface area (Å²) < 4.78 is 46.5. The minimum atomic E-state index is -4.50. The molecule has 0 unspecified atom stereocenters. The third kappa shape index (κ3) is 5.11. The lowest BCUT2D eigenvalue weighted by molar-refractivity contribution is -0.139. The molecule has 4 rings (SSSR count). The Bertz CT molecular complexity index is 969. The molecule has 0 radical (unpaired) electrons. The molecule has 0 atom stereocenters. The largest absolute Gasteiger partial charge is 0.493 e. The maximum atomic E-state index is 13.6. The molecule has 8 heteroatoms. The van der Waals surface area contributed by atoms with Gasteiger partial charge in [0.2, 0.25) is 0 Å². The fraction of sp³-hybridized carbons (Fsp3) is 0.364. The Morgan fingerprint density at radius 3 is 2.70 bits per heavy atom. The summed E-state index contributed by atoms with van der Waals surface area (Å²) in [4.78, 5) is 8.50. The van der Waals surface area contributed by atoms with Crippen LogP contribution in [0.15, 0.2) is 48.1 Å². The molecule has 2 heterocycles. The number of pyridine rings is 1. The predicted molar refractivity (Wildman–Crippen MR) is 112 cm³/mol. The lowest BCUT2D eigenvalue weighted by atomic mass is 9.90. The van der Waals surface area contributed by atoms with Crippen LogP contribution in [-0.2, 0) is 6.18 Å². The van der Waals surface area contributed by atoms with E-state index < -0.39 is 11.7 Å². The zero-order valence-electron chi connectivity index (χ0n) is 16.3. The maximum absolute atomic E-state index is 13.6. The van der Waals surface area contributed by atoms with Crippen LogP contribution in [0.1, 0.15) is 37.7 Å². The van der Waals surface area contributed by atoms with Crippen molar-refractivity contribution in [2.45, 2.75) is 38.3 Å². The Labute approximate surface area is 177 Å². The topological polar surface area (TPSA) is 47.0 Å². The van der Waals surface area contributed by atoms with Gasteiger partial charge in [-0.2, -0.15) is 13.2 Å². The first-order valence-corrected chi connectivity index (χ1v) is 10.8. The average molecular weight is 433 g/mol. The van der Waals surface area contributed by atoms with Gasteiger partial charge in [0.15, 0.2) is 5.13 Å². The van der Waals surface area contributed by atoms with Gasteiger partial charge in [-0.3, -0.25) is 4.98 Å². The van der Waals surface area contributed by atoms with Gasteiger partial charge in [-0.1, -0.05) is 19.3 Å². The van der Waals surface area contributed by atoms with Crippen LogP contribution >= 0.6 is 11.3 Å². The molecule has 1 fully saturated rings. The summed E-state index contributed by atoms with van der Waals surface area (Å²) in [6.07, 6.45) is 4.35. The highest BCUT2D eigenvalue weighted by atomic mass is 32.1. The molecule has 2 aromatic heterocycles. The van der Waals surface area contributed by atoms with Crippen molar-refractivity contribution >= 4 is 22.2 Å². The lowest BCUT2D eigenvalue weighted by Gasteiger charge is -2.23. The van der Waals surface area contributed by atoms with Crippen molar-refractivity contribution in [3.63, 3.8) is 0 Å². The number of hydrogen-bond acceptors (Lipinski definition) is 5. The molecule has 1 aliphatic carbocycles. The number of ether oxygens (including phenoxy) is 1. The number of nitrogens with zero attached hydrogens (tertiary/aromatic N) is 2. The van der Waals surface area contributed by atoms with Crippen LogP contribution in [0.5, 0.6) is 5.75 Å². The minimum absolute atomic E-state index is 0.117. The Morgan fingerprint density at radius 2 is 1.97 bits per heavy atom. The van der Waals surface area contributed by atoms with Crippen molar-refractivity contribution in [3.05, 3.63) is 53.7 Å². The van der Waals surface area contributed by atoms with Gasteiger partial charge in [0, 0.05) is 29.0 Å². The second-order valence-electron chi connectivity index (χ2n) is 7.43. The smallest absolute Gasteiger partial charge is 0.420 e. The van der Waals surface area contributed by atoms with Gasteiger partial charge in [-0.05, 0) is 49.1 Å². The number of benzene rings is 1. The average Bonchev–Trinajstić information content (AvgIpc) is 3.22. The monoisotopic (exact) mass is 433 g/mol. The molecule has 1 aromatic carbocycles. The molecule has 1 N–H and O–H groups in total. The van der Waals surface area contributed by atoms with Gasteiger partial charge in [0.05, 0.1) is 17.9 Å². The molecule has 4 nitrogen and oxygen atoms in total. The summed E-state index contributed by atoms with van der Waals surface area (Å²) in [6, 6.07) is 7.76. The fourth-order valence-corrected chi connectivity index (χ4v) is 4.36. The highest BCUT2D eigenvalue weighted by molar-refractivity contribution is 7.14. The van der Waals surface area contributed by atoms with Crippen LogP contribution in [0, 0.1) is 5.92 Å². The van der Waals surface area contributed by atoms with Crippen molar-refractivity contribution in [3.8, 4) is 17.0 Å². The number of rotatable bonds is 6. The molecule has 158 valence electrons. The highest BCUT2D eigenvalue weighted by Crippen LogP contribution is 2.39. The maximum Gasteiger partial charge on any atom is 0.420 e. The predicted octanol–water partition coefficient (Wildman–Crippen LogP) is 6.93. The fourth-order valence-electron chi connectivity index (χ4n) is 3.62. The van der Waals surface area contributed by atoms with Crippen LogP contribution in [0.25, 0.3) is 11.3 Å². The van der Waals surface area contributed by atoms with E-state index in [2.05, 4.69) is 15.3 Å². The molecule has 1 saturated carbocycles. The summed E-state index contributed by atoms with van der Waals surface area (Å²) in [6.45, 7) is 0.330. The van der Waals surface area contributed by atoms with E-state index in [-0.39, 0.29) is 5.75 Å². The van der Waals surface area contributed by atoms with Gasteiger partial charge < -0.3 is 10.1 Å². The Hall–Kier alpha value is -2.61. The third-order valence-electron chi connectivity index (χ3n) is 5.20. The molecule has 0 amide bonds. The minimum Gasteiger partial charge on any atom is -0.493 e. The van der Waals surface area contributed by atoms with Gasteiger partial charge >= 0.3 is 6.18 Å². The Morgan fingerprint density at radius 1 is 1.13 bits per heavy atom. The third-order valence-corrected chi connectivity index (χ3v) is 5.95. The summed E-state index contributed by atoms with van der Waals surface area (Å²) >= 11 is 1.32. The van der Waals surface area contributed by atoms with Crippen molar-refractivity contribution in [2.75, 3.05) is 11.9 Å². The number of anilines is 2. The molecule has 0 aliphatic heterocycles. The van der Waals surface area contributed by atoms with E-state index in [4.69, 9.17) is 4.74 Å². The van der Waals surface area contributed by atoms with Crippen LogP contribution in [0.3, 0.4) is 0 Å². The summed E-state index contributed by atoms with van der Waals surface area (Å²) in [7, 11) is 0. The molecule has 3 aromatic rings. The normalized spacial score (nSPS) is 15.2. The van der Waals surface area contributed by atoms with Crippen molar-refractivity contribution in [1.29, 1.82) is 0 Å². The Balaban J connectivity index is 1.49. The van der Waals surface area contributed by atoms with Crippen LogP contribution < -0.4 is 10.1 Å². The summed E-state index contributed by atoms with van der Waals surface area (Å²) in [5.74, 6) is 0.215. The van der Waals surface area contributed by atoms with E-state index in [1.165, 1.54) is 23.8 Å². The zero-order chi connectivity index (χ0) is 21.0. The number of alkyl halides is 3. The second kappa shape index (κ2) is 9.04. The number of hydrogen-bond donors (Lipinski definition) is 1. The van der Waals surface area contributed by atoms with Gasteiger partial charge in [-0.15, -0.1) is 11.3 Å². The molecule has 0 bridgehead atoms. The van der Waals surface area contributed by atoms with E-state index in [0.29, 0.717) is 23.3 Å². The van der Waals surface area contributed by atoms with Crippen LogP contribution in [0.2, 0.25) is 0 Å². The van der Waals surface area contributed by atoms with E-state index in [1.54, 1.807) is 18.5 Å². The Kier molecular flexibility index (Phi) is 6.22. The summed E-state index contributed by atoms with van der Waals surface area (Å²) in [5.41, 5.74) is 1.12. The molecule has 30 heavy (non-hydrogen) atoms. The number of nitrogens with one attached hydrogen (secondary N) is 1. The number of thiazole rings is 1. The van der Waals surface area contributed by atoms with E-state index >= 15 is 0 Å². The first-order chi connectivity index (χ1) is 14.5. The molecule has 1 aliphatic rings. The van der Waals surface area contributed by atoms with Gasteiger partial charge in [0.25, 0.3) is 0 Å². The first kappa shape index (κ1) is 20.7. The standard InChI is InChI=1S/C22H22F3N3OS/c23-22(24,25)18-11-17(8-9-20(18)29-13-15-5-2-1-3-6-15)27-21-28-19(14-30-21)16-7-4-10-26-12-16/h4,7-12,14-15H,1-3,5-6,13H2,(H,27,28). The van der Waals surface area contributed by atoms with Crippen LogP contribution in [0.4, 0.5) is 24.0 Å². The molecular weight excluding hydrogens is 411 g/mol. The lowest BCUT2D eigenvalue weighted by Crippen LogP contribution is -2.17. The van der Waals surface area contributed by atoms with Crippen LogP contribution in [-0.4, -0.2) is 16.6 Å². The van der Waals surface area contributed by atoms with E-state index in [0.717, 1.165) is 43.0 Å². The first-order valence-electron chi connectivity index (χ1n) is 9.96. The van der Waals surface area contributed by atoms with Crippen molar-refractivity contribution < 1.29 is 17.9 Å². The van der Waals surface area contributed by atoms with Crippen molar-refractivity contribution in [1.82, 2.24) is 9.97 Å². The second-order valence-corrected chi connectivity index (χ2v) is 8.29. The van der Waals surface area contributed by atoms with Gasteiger partial charge in [-0.25, -0.2) is 4.98 Å².